The summed E-state index contributed by atoms with van der Waals surface area (Å²) in [7, 11) is 0. The van der Waals surface area contributed by atoms with Crippen LogP contribution in [0.2, 0.25) is 0 Å². The molecular formula is C30H44N4+2. The van der Waals surface area contributed by atoms with Crippen LogP contribution in [0.4, 0.5) is 11.4 Å². The predicted octanol–water partition coefficient (Wildman–Crippen LogP) is 3.94. The molecule has 4 nitrogen and oxygen atoms in total. The van der Waals surface area contributed by atoms with Crippen LogP contribution >= 0.6 is 0 Å². The quantitative estimate of drug-likeness (QED) is 0.384. The van der Waals surface area contributed by atoms with Crippen molar-refractivity contribution in [2.75, 3.05) is 13.1 Å². The van der Waals surface area contributed by atoms with Crippen LogP contribution in [0.5, 0.6) is 0 Å². The maximum Gasteiger partial charge on any atom is 0.141 e. The summed E-state index contributed by atoms with van der Waals surface area (Å²) >= 11 is 0. The lowest BCUT2D eigenvalue weighted by Crippen LogP contribution is -3.11. The molecule has 4 heteroatoms. The van der Waals surface area contributed by atoms with Crippen molar-refractivity contribution in [3.63, 3.8) is 0 Å². The average molecular weight is 461 g/mol. The number of nitrogens with two attached hydrogens (primary N) is 2. The van der Waals surface area contributed by atoms with E-state index in [1.165, 1.54) is 87.0 Å². The number of hydrogen-bond acceptors (Lipinski definition) is 2. The number of unbranched alkanes of at least 4 members (excludes halogenated alkanes) is 7. The first-order chi connectivity index (χ1) is 16.6. The van der Waals surface area contributed by atoms with Gasteiger partial charge >= 0.3 is 0 Å². The molecular weight excluding hydrogens is 416 g/mol. The Morgan fingerprint density at radius 2 is 0.912 bits per heavy atom. The van der Waals surface area contributed by atoms with Crippen LogP contribution in [0.15, 0.2) is 60.7 Å². The van der Waals surface area contributed by atoms with E-state index in [0.717, 1.165) is 11.4 Å². The van der Waals surface area contributed by atoms with Crippen LogP contribution in [-0.4, -0.2) is 25.2 Å². The van der Waals surface area contributed by atoms with Crippen LogP contribution in [0.1, 0.15) is 76.3 Å². The van der Waals surface area contributed by atoms with Crippen molar-refractivity contribution >= 4 is 22.8 Å². The summed E-state index contributed by atoms with van der Waals surface area (Å²) in [5.74, 6) is 0. The molecule has 2 aromatic carbocycles. The number of quaternary nitrogens is 2. The van der Waals surface area contributed by atoms with Crippen LogP contribution in [-0.2, 0) is 0 Å². The van der Waals surface area contributed by atoms with Gasteiger partial charge in [0.15, 0.2) is 0 Å². The summed E-state index contributed by atoms with van der Waals surface area (Å²) in [6.45, 7) is 6.96. The third kappa shape index (κ3) is 5.73. The lowest BCUT2D eigenvalue weighted by molar-refractivity contribution is -0.852. The van der Waals surface area contributed by atoms with E-state index in [-0.39, 0.29) is 0 Å². The lowest BCUT2D eigenvalue weighted by atomic mass is 9.99. The third-order valence-electron chi connectivity index (χ3n) is 7.77. The summed E-state index contributed by atoms with van der Waals surface area (Å²) < 4.78 is 0. The Bertz CT molecular complexity index is 927. The minimum Gasteiger partial charge on any atom is -0.398 e. The van der Waals surface area contributed by atoms with Crippen LogP contribution < -0.4 is 21.3 Å². The second kappa shape index (κ2) is 11.7. The summed E-state index contributed by atoms with van der Waals surface area (Å²) in [5, 5.41) is 0. The molecule has 0 saturated heterocycles. The molecule has 0 aliphatic carbocycles. The summed E-state index contributed by atoms with van der Waals surface area (Å²) in [5.41, 5.74) is 19.6. The zero-order valence-electron chi connectivity index (χ0n) is 21.2. The first kappa shape index (κ1) is 24.6. The van der Waals surface area contributed by atoms with Gasteiger partial charge < -0.3 is 11.5 Å². The van der Waals surface area contributed by atoms with Gasteiger partial charge in [-0.05, 0) is 75.9 Å². The number of nitrogens with one attached hydrogen (secondary N) is 2. The van der Waals surface area contributed by atoms with E-state index in [9.17, 15) is 0 Å². The fourth-order valence-corrected chi connectivity index (χ4v) is 5.86. The Morgan fingerprint density at radius 1 is 0.559 bits per heavy atom. The van der Waals surface area contributed by atoms with Crippen molar-refractivity contribution in [3.8, 4) is 0 Å². The normalized spacial score (nSPS) is 23.6. The first-order valence-corrected chi connectivity index (χ1v) is 13.4. The standard InChI is InChI=1S/C30H42N4/c1-23-21-27(31)25-15-9-11-17-29(25)33(23)19-13-7-5-3-4-6-8-14-20-34-24(2)22-28(32)26-16-10-12-18-30(26)34/h9-12,15-18,21-24H,3-8,13-14,19-20,31-32H2,1-2H3/p+2. The van der Waals surface area contributed by atoms with E-state index in [4.69, 9.17) is 11.5 Å². The second-order valence-corrected chi connectivity index (χ2v) is 10.3. The van der Waals surface area contributed by atoms with Gasteiger partial charge in [-0.15, -0.1) is 0 Å². The maximum absolute atomic E-state index is 6.26. The molecule has 0 amide bonds. The Hall–Kier alpha value is -2.56. The Balaban J connectivity index is 1.09. The van der Waals surface area contributed by atoms with Gasteiger partial charge in [0.05, 0.1) is 24.2 Å². The Morgan fingerprint density at radius 3 is 1.32 bits per heavy atom. The Kier molecular flexibility index (Phi) is 8.47. The second-order valence-electron chi connectivity index (χ2n) is 10.3. The fourth-order valence-electron chi connectivity index (χ4n) is 5.86. The lowest BCUT2D eigenvalue weighted by Gasteiger charge is -2.29. The highest BCUT2D eigenvalue weighted by molar-refractivity contribution is 5.72. The number of para-hydroxylation sites is 2. The van der Waals surface area contributed by atoms with Gasteiger partial charge in [0, 0.05) is 11.4 Å². The largest absolute Gasteiger partial charge is 0.398 e. The topological polar surface area (TPSA) is 60.9 Å². The predicted molar refractivity (Wildman–Crippen MR) is 144 cm³/mol. The van der Waals surface area contributed by atoms with Gasteiger partial charge in [-0.2, -0.15) is 0 Å². The van der Waals surface area contributed by atoms with Gasteiger partial charge in [-0.1, -0.05) is 49.9 Å². The molecule has 4 unspecified atom stereocenters. The van der Waals surface area contributed by atoms with E-state index in [1.807, 2.05) is 0 Å². The molecule has 182 valence electrons. The van der Waals surface area contributed by atoms with Gasteiger partial charge in [-0.25, -0.2) is 0 Å². The van der Waals surface area contributed by atoms with Crippen molar-refractivity contribution < 1.29 is 9.80 Å². The van der Waals surface area contributed by atoms with Gasteiger partial charge in [-0.3, -0.25) is 9.80 Å². The molecule has 6 N–H and O–H groups in total. The van der Waals surface area contributed by atoms with Crippen molar-refractivity contribution in [2.24, 2.45) is 11.5 Å². The molecule has 0 radical (unpaired) electrons. The van der Waals surface area contributed by atoms with Crippen molar-refractivity contribution in [1.82, 2.24) is 0 Å². The maximum atomic E-state index is 6.26. The molecule has 34 heavy (non-hydrogen) atoms. The van der Waals surface area contributed by atoms with Gasteiger partial charge in [0.2, 0.25) is 0 Å². The van der Waals surface area contributed by atoms with Gasteiger partial charge in [0.25, 0.3) is 0 Å². The van der Waals surface area contributed by atoms with Crippen LogP contribution in [0, 0.1) is 0 Å². The zero-order chi connectivity index (χ0) is 23.9. The fraction of sp³-hybridized carbons (Fsp3) is 0.467. The zero-order valence-corrected chi connectivity index (χ0v) is 21.2. The first-order valence-electron chi connectivity index (χ1n) is 13.4. The Labute approximate surface area is 206 Å². The molecule has 0 spiro atoms. The molecule has 2 aliphatic heterocycles. The molecule has 2 aliphatic rings. The molecule has 2 aromatic rings. The molecule has 0 bridgehead atoms. The van der Waals surface area contributed by atoms with Crippen molar-refractivity contribution in [3.05, 3.63) is 71.8 Å². The third-order valence-corrected chi connectivity index (χ3v) is 7.77. The minimum absolute atomic E-state index is 0.457. The number of fused-ring (bicyclic) bond motifs is 2. The van der Waals surface area contributed by atoms with E-state index in [1.54, 1.807) is 9.80 Å². The van der Waals surface area contributed by atoms with E-state index < -0.39 is 0 Å². The molecule has 4 atom stereocenters. The number of hydrogen-bond donors (Lipinski definition) is 4. The average Bonchev–Trinajstić information content (AvgIpc) is 2.83. The summed E-state index contributed by atoms with van der Waals surface area (Å²) in [6, 6.07) is 18.2. The van der Waals surface area contributed by atoms with E-state index in [0.29, 0.717) is 12.1 Å². The molecule has 2 heterocycles. The molecule has 4 rings (SSSR count). The highest BCUT2D eigenvalue weighted by atomic mass is 15.2. The molecule has 0 aromatic heterocycles. The number of rotatable bonds is 11. The number of benzene rings is 2. The summed E-state index contributed by atoms with van der Waals surface area (Å²) in [4.78, 5) is 3.13. The van der Waals surface area contributed by atoms with Gasteiger partial charge in [0.1, 0.15) is 23.5 Å². The van der Waals surface area contributed by atoms with Crippen molar-refractivity contribution in [1.29, 1.82) is 0 Å². The monoisotopic (exact) mass is 460 g/mol. The minimum atomic E-state index is 0.457. The van der Waals surface area contributed by atoms with Crippen molar-refractivity contribution in [2.45, 2.75) is 77.3 Å². The van der Waals surface area contributed by atoms with Crippen LogP contribution in [0.3, 0.4) is 0 Å². The molecule has 0 saturated carbocycles. The highest BCUT2D eigenvalue weighted by Gasteiger charge is 2.27. The van der Waals surface area contributed by atoms with Crippen LogP contribution in [0.25, 0.3) is 11.4 Å². The van der Waals surface area contributed by atoms with E-state index >= 15 is 0 Å². The summed E-state index contributed by atoms with van der Waals surface area (Å²) in [6.07, 6.45) is 15.1. The molecule has 0 fully saturated rings. The SMILES string of the molecule is CC1C=C(N)c2ccccc2[NH+]1CCCCCCCCCC[NH+]1c2ccccc2C(N)=CC1C. The highest BCUT2D eigenvalue weighted by Crippen LogP contribution is 2.22. The smallest absolute Gasteiger partial charge is 0.141 e. The van der Waals surface area contributed by atoms with E-state index in [2.05, 4.69) is 74.5 Å².